The Morgan fingerprint density at radius 2 is 2.10 bits per heavy atom. The Hall–Kier alpha value is -4.23. The summed E-state index contributed by atoms with van der Waals surface area (Å²) in [6.45, 7) is 0. The number of aliphatic carboxylic acids is 1. The van der Waals surface area contributed by atoms with Crippen LogP contribution < -0.4 is 11.1 Å². The molecule has 39 heavy (non-hydrogen) atoms. The largest absolute Gasteiger partial charge is 0.477 e. The number of thioether (sulfide) groups is 2. The number of nitrogens with two attached hydrogens (primary N) is 1. The molecule has 5 heterocycles. The first-order chi connectivity index (χ1) is 18.7. The molecular formula is C20H17N9O7S3. The third kappa shape index (κ3) is 4.86. The lowest BCUT2D eigenvalue weighted by Crippen LogP contribution is -2.71. The van der Waals surface area contributed by atoms with Gasteiger partial charge in [-0.15, -0.1) is 40.0 Å². The summed E-state index contributed by atoms with van der Waals surface area (Å²) in [7, 11) is 1.25. The maximum Gasteiger partial charge on any atom is 0.374 e. The van der Waals surface area contributed by atoms with Crippen LogP contribution in [0.3, 0.4) is 0 Å². The van der Waals surface area contributed by atoms with Gasteiger partial charge in [0.1, 0.15) is 34.9 Å². The number of carboxylic acids is 2. The molecule has 0 aromatic carbocycles. The number of nitrogens with one attached hydrogen (secondary N) is 1. The number of hydrogen-bond donors (Lipinski definition) is 4. The molecule has 19 heteroatoms. The summed E-state index contributed by atoms with van der Waals surface area (Å²) < 4.78 is 1.08. The highest BCUT2D eigenvalue weighted by atomic mass is 32.2. The van der Waals surface area contributed by atoms with Crippen LogP contribution in [0.2, 0.25) is 0 Å². The number of thiazole rings is 1. The van der Waals surface area contributed by atoms with Gasteiger partial charge >= 0.3 is 11.9 Å². The molecule has 5 N–H and O–H groups in total. The number of β-lactam (4-membered cyclic amide) rings is 1. The predicted molar refractivity (Wildman–Crippen MR) is 138 cm³/mol. The van der Waals surface area contributed by atoms with Crippen molar-refractivity contribution in [3.63, 3.8) is 0 Å². The van der Waals surface area contributed by atoms with E-state index >= 15 is 0 Å². The van der Waals surface area contributed by atoms with E-state index in [-0.39, 0.29) is 39.6 Å². The van der Waals surface area contributed by atoms with E-state index in [4.69, 9.17) is 10.6 Å². The van der Waals surface area contributed by atoms with Crippen molar-refractivity contribution in [3.05, 3.63) is 40.4 Å². The lowest BCUT2D eigenvalue weighted by molar-refractivity contribution is -0.150. The van der Waals surface area contributed by atoms with Gasteiger partial charge < -0.3 is 26.1 Å². The van der Waals surface area contributed by atoms with Crippen LogP contribution in [-0.2, 0) is 19.2 Å². The average Bonchev–Trinajstić information content (AvgIpc) is 3.56. The highest BCUT2D eigenvalue weighted by molar-refractivity contribution is 8.01. The van der Waals surface area contributed by atoms with Gasteiger partial charge in [0.15, 0.2) is 10.8 Å². The fraction of sp³-hybridized carbons (Fsp3) is 0.250. The summed E-state index contributed by atoms with van der Waals surface area (Å²) in [5.41, 5.74) is 6.29. The van der Waals surface area contributed by atoms with Crippen molar-refractivity contribution in [3.8, 4) is 0 Å². The SMILES string of the molecule is CO/N=C(\C(=O)N[C@@H]1C(=O)N2C(C(=O)O)=C(CSc3cc4cnnn4c(C(=O)O)n3)CS[C@H]12)c1csc(N)n1. The van der Waals surface area contributed by atoms with Gasteiger partial charge in [-0.05, 0) is 11.6 Å². The number of anilines is 1. The fourth-order valence-electron chi connectivity index (χ4n) is 3.89. The van der Waals surface area contributed by atoms with E-state index in [9.17, 15) is 29.4 Å². The monoisotopic (exact) mass is 591 g/mol. The van der Waals surface area contributed by atoms with Crippen molar-refractivity contribution in [2.45, 2.75) is 16.4 Å². The number of hydrogen-bond acceptors (Lipinski definition) is 14. The molecule has 0 spiro atoms. The van der Waals surface area contributed by atoms with Crippen molar-refractivity contribution in [2.24, 2.45) is 5.16 Å². The minimum Gasteiger partial charge on any atom is -0.477 e. The van der Waals surface area contributed by atoms with Crippen LogP contribution in [0, 0.1) is 0 Å². The van der Waals surface area contributed by atoms with Gasteiger partial charge in [-0.2, -0.15) is 4.52 Å². The Balaban J connectivity index is 1.33. The van der Waals surface area contributed by atoms with Crippen LogP contribution in [0.15, 0.2) is 39.1 Å². The number of carboxylic acid groups (broad SMARTS) is 2. The van der Waals surface area contributed by atoms with Crippen molar-refractivity contribution < 1.29 is 34.2 Å². The number of carbonyl (C=O) groups excluding carboxylic acids is 2. The predicted octanol–water partition coefficient (Wildman–Crippen LogP) is -0.257. The molecule has 2 amide bonds. The normalized spacial score (nSPS) is 19.1. The molecule has 0 bridgehead atoms. The van der Waals surface area contributed by atoms with Gasteiger partial charge in [-0.1, -0.05) is 10.4 Å². The molecular weight excluding hydrogens is 574 g/mol. The van der Waals surface area contributed by atoms with Crippen LogP contribution in [-0.4, -0.2) is 99.4 Å². The van der Waals surface area contributed by atoms with E-state index in [1.165, 1.54) is 30.4 Å². The summed E-state index contributed by atoms with van der Waals surface area (Å²) in [5.74, 6) is -3.90. The molecule has 1 fully saturated rings. The maximum atomic E-state index is 13.0. The molecule has 0 saturated carbocycles. The molecule has 2 aliphatic heterocycles. The number of fused-ring (bicyclic) bond motifs is 2. The van der Waals surface area contributed by atoms with Gasteiger partial charge in [0, 0.05) is 16.9 Å². The van der Waals surface area contributed by atoms with Gasteiger partial charge in [-0.3, -0.25) is 14.5 Å². The Morgan fingerprint density at radius 3 is 2.77 bits per heavy atom. The van der Waals surface area contributed by atoms with Crippen LogP contribution in [0.4, 0.5) is 5.13 Å². The smallest absolute Gasteiger partial charge is 0.374 e. The molecule has 0 aliphatic carbocycles. The summed E-state index contributed by atoms with van der Waals surface area (Å²) >= 11 is 3.50. The zero-order chi connectivity index (χ0) is 27.8. The minimum atomic E-state index is -1.30. The average molecular weight is 592 g/mol. The highest BCUT2D eigenvalue weighted by Crippen LogP contribution is 2.41. The Morgan fingerprint density at radius 1 is 1.31 bits per heavy atom. The molecule has 2 atom stereocenters. The van der Waals surface area contributed by atoms with Crippen molar-refractivity contribution in [2.75, 3.05) is 24.3 Å². The summed E-state index contributed by atoms with van der Waals surface area (Å²) in [5, 5.41) is 34.4. The molecule has 0 radical (unpaired) electrons. The van der Waals surface area contributed by atoms with E-state index in [2.05, 4.69) is 30.8 Å². The van der Waals surface area contributed by atoms with E-state index in [1.807, 2.05) is 0 Å². The summed E-state index contributed by atoms with van der Waals surface area (Å²) in [6.07, 6.45) is 1.38. The second-order valence-electron chi connectivity index (χ2n) is 7.89. The Labute approximate surface area is 230 Å². The third-order valence-electron chi connectivity index (χ3n) is 5.55. The Kier molecular flexibility index (Phi) is 7.10. The number of aromatic carboxylic acids is 1. The molecule has 2 aliphatic rings. The van der Waals surface area contributed by atoms with Crippen molar-refractivity contribution in [1.82, 2.24) is 35.0 Å². The first-order valence-electron chi connectivity index (χ1n) is 10.8. The minimum absolute atomic E-state index is 0.127. The number of nitrogens with zero attached hydrogens (tertiary/aromatic N) is 7. The first kappa shape index (κ1) is 26.4. The number of oxime groups is 1. The van der Waals surface area contributed by atoms with Crippen molar-refractivity contribution in [1.29, 1.82) is 0 Å². The number of rotatable bonds is 9. The highest BCUT2D eigenvalue weighted by Gasteiger charge is 2.54. The molecule has 0 unspecified atom stereocenters. The van der Waals surface area contributed by atoms with E-state index in [0.717, 1.165) is 32.5 Å². The topological polar surface area (TPSA) is 228 Å². The van der Waals surface area contributed by atoms with Crippen LogP contribution >= 0.6 is 34.9 Å². The molecule has 16 nitrogen and oxygen atoms in total. The number of nitrogen functional groups attached to an aromatic ring is 1. The lowest BCUT2D eigenvalue weighted by atomic mass is 10.0. The second kappa shape index (κ2) is 10.5. The number of amides is 2. The van der Waals surface area contributed by atoms with Gasteiger partial charge in [0.25, 0.3) is 11.8 Å². The van der Waals surface area contributed by atoms with Gasteiger partial charge in [0.2, 0.25) is 5.82 Å². The molecule has 3 aromatic heterocycles. The fourth-order valence-corrected chi connectivity index (χ4v) is 6.83. The van der Waals surface area contributed by atoms with E-state index in [0.29, 0.717) is 16.1 Å². The van der Waals surface area contributed by atoms with E-state index < -0.39 is 35.2 Å². The summed E-state index contributed by atoms with van der Waals surface area (Å²) in [4.78, 5) is 63.6. The third-order valence-corrected chi connectivity index (χ3v) is 8.56. The molecule has 5 rings (SSSR count). The second-order valence-corrected chi connectivity index (χ2v) is 10.9. The standard InChI is InChI=1S/C20H17N9O7S3/c1-36-26-11(9-6-39-20(21)23-9)15(30)25-12-16(31)28-13(18(32)33)7(5-38-17(12)28)4-37-10-2-8-3-22-27-29(8)14(24-10)19(34)35/h2-3,6,12,17H,4-5H2,1H3,(H2,21,23)(H,25,30)(H,32,33)(H,34,35)/b26-11-/t12-,17-/m1/s1. The van der Waals surface area contributed by atoms with Crippen LogP contribution in [0.1, 0.15) is 16.3 Å². The zero-order valence-electron chi connectivity index (χ0n) is 19.7. The van der Waals surface area contributed by atoms with Crippen LogP contribution in [0.25, 0.3) is 5.52 Å². The van der Waals surface area contributed by atoms with Gasteiger partial charge in [-0.25, -0.2) is 19.6 Å². The molecule has 1 saturated heterocycles. The van der Waals surface area contributed by atoms with Crippen LogP contribution in [0.5, 0.6) is 0 Å². The number of aromatic nitrogens is 5. The molecule has 202 valence electrons. The summed E-state index contributed by atoms with van der Waals surface area (Å²) in [6, 6.07) is 0.576. The lowest BCUT2D eigenvalue weighted by Gasteiger charge is -2.49. The van der Waals surface area contributed by atoms with Gasteiger partial charge in [0.05, 0.1) is 11.7 Å². The first-order valence-corrected chi connectivity index (χ1v) is 13.7. The van der Waals surface area contributed by atoms with Crippen molar-refractivity contribution >= 4 is 75.0 Å². The molecule has 3 aromatic rings. The maximum absolute atomic E-state index is 13.0. The number of carbonyl (C=O) groups is 4. The van der Waals surface area contributed by atoms with E-state index in [1.54, 1.807) is 6.07 Å². The quantitative estimate of drug-likeness (QED) is 0.0827. The Bertz CT molecular complexity index is 1580. The zero-order valence-corrected chi connectivity index (χ0v) is 22.1.